The molecule has 1 aliphatic carbocycles. The van der Waals surface area contributed by atoms with E-state index < -0.39 is 17.5 Å². The third kappa shape index (κ3) is 5.77. The Hall–Kier alpha value is -2.97. The summed E-state index contributed by atoms with van der Waals surface area (Å²) in [7, 11) is 3.23. The smallest absolute Gasteiger partial charge is 0.383 e. The lowest BCUT2D eigenvalue weighted by Crippen LogP contribution is -2.15. The summed E-state index contributed by atoms with van der Waals surface area (Å²) in [6.07, 6.45) is 3.86. The summed E-state index contributed by atoms with van der Waals surface area (Å²) in [5.41, 5.74) is -1.33. The van der Waals surface area contributed by atoms with E-state index in [4.69, 9.17) is 0 Å². The Balaban J connectivity index is 0.000000789. The minimum atomic E-state index is -4.58. The van der Waals surface area contributed by atoms with Gasteiger partial charge in [0.25, 0.3) is 0 Å². The van der Waals surface area contributed by atoms with Gasteiger partial charge in [-0.3, -0.25) is 9.59 Å². The number of carbonyl (C=O) groups is 2. The summed E-state index contributed by atoms with van der Waals surface area (Å²) in [5.74, 6) is -0.710. The summed E-state index contributed by atoms with van der Waals surface area (Å²) in [6, 6.07) is 2.60. The molecule has 9 heteroatoms. The number of allylic oxidation sites excluding steroid dienone is 1. The zero-order valence-electron chi connectivity index (χ0n) is 14.9. The molecule has 0 N–H and O–H groups in total. The first kappa shape index (κ1) is 20.3. The van der Waals surface area contributed by atoms with Crippen LogP contribution < -0.4 is 0 Å². The highest BCUT2D eigenvalue weighted by Gasteiger charge is 2.32. The number of alkyl halides is 3. The SMILES string of the molecule is C1CC1.CN(C)C=C(C=O)C(=O)c1ccc(C(F)(F)F)cc1-n1cncn1. The number of ketones is 1. The van der Waals surface area contributed by atoms with Crippen LogP contribution in [0.4, 0.5) is 13.2 Å². The second-order valence-corrected chi connectivity index (χ2v) is 6.13. The average molecular weight is 380 g/mol. The van der Waals surface area contributed by atoms with Crippen molar-refractivity contribution in [1.82, 2.24) is 19.7 Å². The van der Waals surface area contributed by atoms with E-state index in [9.17, 15) is 22.8 Å². The normalized spacial score (nSPS) is 13.4. The molecule has 1 saturated carbocycles. The lowest BCUT2D eigenvalue weighted by molar-refractivity contribution is -0.137. The van der Waals surface area contributed by atoms with Crippen molar-refractivity contribution in [2.24, 2.45) is 0 Å². The Morgan fingerprint density at radius 1 is 1.22 bits per heavy atom. The second-order valence-electron chi connectivity index (χ2n) is 6.13. The molecular formula is C18H19F3N4O2. The van der Waals surface area contributed by atoms with Gasteiger partial charge in [0.15, 0.2) is 12.1 Å². The highest BCUT2D eigenvalue weighted by atomic mass is 19.4. The molecule has 0 radical (unpaired) electrons. The van der Waals surface area contributed by atoms with Crippen LogP contribution >= 0.6 is 0 Å². The topological polar surface area (TPSA) is 68.1 Å². The molecule has 1 aliphatic rings. The first-order valence-electron chi connectivity index (χ1n) is 8.18. The minimum Gasteiger partial charge on any atom is -0.383 e. The fourth-order valence-electron chi connectivity index (χ4n) is 2.00. The van der Waals surface area contributed by atoms with E-state index in [-0.39, 0.29) is 16.8 Å². The number of nitrogens with zero attached hydrogens (tertiary/aromatic N) is 4. The van der Waals surface area contributed by atoms with E-state index in [0.29, 0.717) is 6.29 Å². The molecule has 0 unspecified atom stereocenters. The van der Waals surface area contributed by atoms with Gasteiger partial charge in [0.2, 0.25) is 0 Å². The molecule has 1 aromatic carbocycles. The number of aromatic nitrogens is 3. The van der Waals surface area contributed by atoms with E-state index in [1.807, 2.05) is 0 Å². The molecule has 3 rings (SSSR count). The van der Waals surface area contributed by atoms with Crippen LogP contribution in [0.25, 0.3) is 5.69 Å². The van der Waals surface area contributed by atoms with Crippen LogP contribution in [0, 0.1) is 0 Å². The number of halogens is 3. The standard InChI is InChI=1S/C15H13F3N4O2.C3H6/c1-21(2)6-10(7-23)14(24)12-4-3-11(15(16,17)18)5-13(12)22-9-19-8-20-22;1-2-3-1/h3-9H,1-2H3;1-3H2. The molecule has 1 aromatic heterocycles. The molecular weight excluding hydrogens is 361 g/mol. The maximum Gasteiger partial charge on any atom is 0.416 e. The van der Waals surface area contributed by atoms with Gasteiger partial charge >= 0.3 is 6.18 Å². The van der Waals surface area contributed by atoms with Crippen LogP contribution in [-0.4, -0.2) is 45.8 Å². The van der Waals surface area contributed by atoms with E-state index >= 15 is 0 Å². The van der Waals surface area contributed by atoms with Gasteiger partial charge in [0.1, 0.15) is 12.7 Å². The van der Waals surface area contributed by atoms with Crippen molar-refractivity contribution in [2.45, 2.75) is 25.4 Å². The van der Waals surface area contributed by atoms with Crippen molar-refractivity contribution in [2.75, 3.05) is 14.1 Å². The van der Waals surface area contributed by atoms with Crippen LogP contribution in [-0.2, 0) is 11.0 Å². The van der Waals surface area contributed by atoms with Crippen LogP contribution in [0.15, 0.2) is 42.6 Å². The van der Waals surface area contributed by atoms with Crippen LogP contribution in [0.2, 0.25) is 0 Å². The van der Waals surface area contributed by atoms with E-state index in [1.165, 1.54) is 36.7 Å². The number of carbonyl (C=O) groups excluding carboxylic acids is 2. The van der Waals surface area contributed by atoms with Crippen molar-refractivity contribution in [3.05, 3.63) is 53.8 Å². The Morgan fingerprint density at radius 3 is 2.33 bits per heavy atom. The first-order valence-corrected chi connectivity index (χ1v) is 8.18. The summed E-state index contributed by atoms with van der Waals surface area (Å²) in [4.78, 5) is 28.8. The molecule has 0 saturated heterocycles. The lowest BCUT2D eigenvalue weighted by Gasteiger charge is -2.13. The molecule has 0 atom stereocenters. The molecule has 0 bridgehead atoms. The Bertz CT molecular complexity index is 823. The van der Waals surface area contributed by atoms with Gasteiger partial charge in [-0.1, -0.05) is 19.3 Å². The van der Waals surface area contributed by atoms with Crippen LogP contribution in [0.5, 0.6) is 0 Å². The highest BCUT2D eigenvalue weighted by molar-refractivity contribution is 6.21. The summed E-state index contributed by atoms with van der Waals surface area (Å²) >= 11 is 0. The van der Waals surface area contributed by atoms with Gasteiger partial charge in [0, 0.05) is 25.9 Å². The van der Waals surface area contributed by atoms with Gasteiger partial charge in [-0.2, -0.15) is 18.3 Å². The molecule has 0 spiro atoms. The number of hydrogen-bond donors (Lipinski definition) is 0. The van der Waals surface area contributed by atoms with Gasteiger partial charge in [-0.25, -0.2) is 9.67 Å². The van der Waals surface area contributed by atoms with Crippen LogP contribution in [0.3, 0.4) is 0 Å². The predicted octanol–water partition coefficient (Wildman–Crippen LogP) is 3.28. The number of aldehydes is 1. The largest absolute Gasteiger partial charge is 0.416 e. The Labute approximate surface area is 154 Å². The van der Waals surface area contributed by atoms with Crippen LogP contribution in [0.1, 0.15) is 35.2 Å². The minimum absolute atomic E-state index is 0.0892. The van der Waals surface area contributed by atoms with E-state index in [1.54, 1.807) is 14.1 Å². The third-order valence-electron chi connectivity index (χ3n) is 3.38. The van der Waals surface area contributed by atoms with Crippen molar-refractivity contribution in [3.8, 4) is 5.69 Å². The molecule has 144 valence electrons. The fourth-order valence-corrected chi connectivity index (χ4v) is 2.00. The van der Waals surface area contributed by atoms with Gasteiger partial charge in [-0.05, 0) is 18.2 Å². The highest BCUT2D eigenvalue weighted by Crippen LogP contribution is 2.32. The van der Waals surface area contributed by atoms with E-state index in [2.05, 4.69) is 10.1 Å². The summed E-state index contributed by atoms with van der Waals surface area (Å²) in [6.45, 7) is 0. The molecule has 0 amide bonds. The summed E-state index contributed by atoms with van der Waals surface area (Å²) < 4.78 is 39.8. The zero-order valence-corrected chi connectivity index (χ0v) is 14.9. The second kappa shape index (κ2) is 8.61. The van der Waals surface area contributed by atoms with Gasteiger partial charge in [0.05, 0.1) is 16.8 Å². The molecule has 27 heavy (non-hydrogen) atoms. The van der Waals surface area contributed by atoms with Crippen molar-refractivity contribution in [1.29, 1.82) is 0 Å². The van der Waals surface area contributed by atoms with E-state index in [0.717, 1.165) is 29.2 Å². The molecule has 6 nitrogen and oxygen atoms in total. The average Bonchev–Trinajstić information content (AvgIpc) is 3.40. The quantitative estimate of drug-likeness (QED) is 0.262. The van der Waals surface area contributed by atoms with Gasteiger partial charge in [-0.15, -0.1) is 0 Å². The predicted molar refractivity (Wildman–Crippen MR) is 92.4 cm³/mol. The number of benzene rings is 1. The van der Waals surface area contributed by atoms with Crippen molar-refractivity contribution < 1.29 is 22.8 Å². The monoisotopic (exact) mass is 380 g/mol. The lowest BCUT2D eigenvalue weighted by atomic mass is 10.0. The van der Waals surface area contributed by atoms with Gasteiger partial charge < -0.3 is 4.90 Å². The Kier molecular flexibility index (Phi) is 6.49. The number of rotatable bonds is 5. The fraction of sp³-hybridized carbons (Fsp3) is 0.333. The van der Waals surface area contributed by atoms with Crippen molar-refractivity contribution in [3.63, 3.8) is 0 Å². The molecule has 2 aromatic rings. The first-order chi connectivity index (χ1) is 12.7. The maximum atomic E-state index is 12.9. The molecule has 1 fully saturated rings. The Morgan fingerprint density at radius 2 is 1.89 bits per heavy atom. The maximum absolute atomic E-state index is 12.9. The molecule has 1 heterocycles. The zero-order chi connectivity index (χ0) is 20.0. The molecule has 0 aliphatic heterocycles. The third-order valence-corrected chi connectivity index (χ3v) is 3.38. The van der Waals surface area contributed by atoms with Crippen molar-refractivity contribution >= 4 is 12.1 Å². The summed E-state index contributed by atoms with van der Waals surface area (Å²) in [5, 5.41) is 3.77. The number of hydrogen-bond acceptors (Lipinski definition) is 5. The number of Topliss-reactive ketones (excluding diaryl/α,β-unsaturated/α-hetero) is 1.